The van der Waals surface area contributed by atoms with Gasteiger partial charge in [-0.3, -0.25) is 9.59 Å². The highest BCUT2D eigenvalue weighted by Gasteiger charge is 2.62. The fraction of sp³-hybridized carbons (Fsp3) is 0.547. The number of carbonyl (C=O) groups is 4. The van der Waals surface area contributed by atoms with Crippen molar-refractivity contribution >= 4 is 48.2 Å². The van der Waals surface area contributed by atoms with Gasteiger partial charge in [0.25, 0.3) is 5.92 Å². The van der Waals surface area contributed by atoms with Crippen LogP contribution in [0.25, 0.3) is 11.1 Å². The molecule has 3 aromatic carbocycles. The van der Waals surface area contributed by atoms with Crippen LogP contribution in [0.5, 0.6) is 5.75 Å². The molecule has 6 atom stereocenters. The van der Waals surface area contributed by atoms with Crippen LogP contribution in [0.4, 0.5) is 8.78 Å². The number of methoxy groups -OCH3 is 1. The van der Waals surface area contributed by atoms with Crippen molar-refractivity contribution in [2.75, 3.05) is 20.3 Å². The Morgan fingerprint density at radius 3 is 2.12 bits per heavy atom. The van der Waals surface area contributed by atoms with Gasteiger partial charge in [0, 0.05) is 30.4 Å². The van der Waals surface area contributed by atoms with Crippen molar-refractivity contribution in [1.29, 1.82) is 0 Å². The average Bonchev–Trinajstić information content (AvgIpc) is 3.82. The second kappa shape index (κ2) is 16.5. The minimum absolute atomic E-state index is 0.0570. The molecule has 8 fully saturated rings. The Morgan fingerprint density at radius 2 is 1.43 bits per heavy atom. The third-order valence-electron chi connectivity index (χ3n) is 16.9. The Morgan fingerprint density at radius 1 is 0.769 bits per heavy atom. The van der Waals surface area contributed by atoms with E-state index >= 15 is 0 Å². The van der Waals surface area contributed by atoms with Crippen molar-refractivity contribution in [3.63, 3.8) is 0 Å². The van der Waals surface area contributed by atoms with Crippen LogP contribution in [-0.2, 0) is 44.5 Å². The molecule has 9 nitrogen and oxygen atoms in total. The molecule has 5 unspecified atom stereocenters. The minimum atomic E-state index is -3.16. The van der Waals surface area contributed by atoms with Crippen LogP contribution in [0.2, 0.25) is 0 Å². The van der Waals surface area contributed by atoms with E-state index in [1.807, 2.05) is 48.5 Å². The Kier molecular flexibility index (Phi) is 11.2. The summed E-state index contributed by atoms with van der Waals surface area (Å²) in [5.41, 5.74) is 2.16. The number of carbonyl (C=O) groups excluding carboxylic acids is 4. The molecule has 3 aromatic rings. The molecule has 1 radical (unpaired) electrons. The lowest BCUT2D eigenvalue weighted by Gasteiger charge is -2.59. The summed E-state index contributed by atoms with van der Waals surface area (Å²) in [5, 5.41) is 3.06. The van der Waals surface area contributed by atoms with E-state index in [0.29, 0.717) is 53.7 Å². The maximum absolute atomic E-state index is 14.6. The van der Waals surface area contributed by atoms with Crippen LogP contribution in [0.1, 0.15) is 102 Å². The van der Waals surface area contributed by atoms with E-state index in [-0.39, 0.29) is 30.3 Å². The van der Waals surface area contributed by atoms with Gasteiger partial charge in [-0.05, 0) is 146 Å². The SMILES string of the molecule is C=C(Cc1ccc2c(c1)[Si](c1ccc(OC)c(C(CC(=O)OC3(C)C4CC5CC(C4)CC3C5)C(=O)OCC(=O)OC3(C)C4CC5C[C@@H](C4)CC53)c1)c1ccccc1-2)C(=O)OCC(C)(F)F. The number of rotatable bonds is 15. The van der Waals surface area contributed by atoms with Gasteiger partial charge in [0.05, 0.1) is 19.4 Å². The van der Waals surface area contributed by atoms with Crippen molar-refractivity contribution in [3.05, 3.63) is 83.9 Å². The number of halogens is 2. The van der Waals surface area contributed by atoms with Crippen LogP contribution in [0.3, 0.4) is 0 Å². The quantitative estimate of drug-likeness (QED) is 0.0515. The molecule has 0 N–H and O–H groups in total. The largest absolute Gasteiger partial charge is 0.496 e. The molecule has 8 aliphatic carbocycles. The molecule has 12 heteroatoms. The van der Waals surface area contributed by atoms with Gasteiger partial charge in [-0.15, -0.1) is 0 Å². The predicted octanol–water partition coefficient (Wildman–Crippen LogP) is 7.63. The Labute approximate surface area is 381 Å². The van der Waals surface area contributed by atoms with E-state index in [1.165, 1.54) is 20.0 Å². The van der Waals surface area contributed by atoms with Crippen LogP contribution < -0.4 is 20.3 Å². The van der Waals surface area contributed by atoms with Gasteiger partial charge in [-0.1, -0.05) is 66.4 Å². The summed E-state index contributed by atoms with van der Waals surface area (Å²) >= 11 is 0. The van der Waals surface area contributed by atoms with Gasteiger partial charge in [-0.2, -0.15) is 0 Å². The van der Waals surface area contributed by atoms with E-state index in [0.717, 1.165) is 77.2 Å². The van der Waals surface area contributed by atoms with Gasteiger partial charge in [-0.25, -0.2) is 18.4 Å². The first-order valence-electron chi connectivity index (χ1n) is 23.6. The van der Waals surface area contributed by atoms with Crippen LogP contribution in [0.15, 0.2) is 72.8 Å². The van der Waals surface area contributed by atoms with Gasteiger partial charge in [0.2, 0.25) is 0 Å². The first-order chi connectivity index (χ1) is 31.0. The lowest BCUT2D eigenvalue weighted by Crippen LogP contribution is -2.58. The second-order valence-electron chi connectivity index (χ2n) is 21.0. The number of hydrogen-bond donors (Lipinski definition) is 0. The summed E-state index contributed by atoms with van der Waals surface area (Å²) < 4.78 is 56.4. The Balaban J connectivity index is 0.945. The molecular formula is C53H59F2O9Si. The summed E-state index contributed by atoms with van der Waals surface area (Å²) in [6.07, 6.45) is 9.65. The molecular weight excluding hydrogens is 847 g/mol. The first kappa shape index (κ1) is 44.0. The monoisotopic (exact) mass is 905 g/mol. The summed E-state index contributed by atoms with van der Waals surface area (Å²) in [5.74, 6) is -2.77. The molecule has 12 rings (SSSR count). The summed E-state index contributed by atoms with van der Waals surface area (Å²) in [4.78, 5) is 55.2. The highest BCUT2D eigenvalue weighted by molar-refractivity contribution is 6.99. The van der Waals surface area contributed by atoms with Crippen molar-refractivity contribution in [1.82, 2.24) is 0 Å². The fourth-order valence-corrected chi connectivity index (χ4v) is 17.1. The molecule has 0 aromatic heterocycles. The number of alkyl halides is 2. The van der Waals surface area contributed by atoms with E-state index < -0.39 is 68.9 Å². The molecule has 8 saturated carbocycles. The van der Waals surface area contributed by atoms with Crippen LogP contribution in [-0.4, -0.2) is 70.1 Å². The van der Waals surface area contributed by atoms with Gasteiger partial charge >= 0.3 is 23.9 Å². The lowest BCUT2D eigenvalue weighted by molar-refractivity contribution is -0.204. The smallest absolute Gasteiger partial charge is 0.344 e. The van der Waals surface area contributed by atoms with Gasteiger partial charge in [0.15, 0.2) is 22.0 Å². The molecule has 0 spiro atoms. The standard InChI is InChI=1S/C53H59F2O9Si/c1-29(49(58)62-28-51(2,54)55)14-30-10-12-40-39-8-6-7-9-45(39)65(46(40)23-30)38-11-13-44(60-5)41(25-38)42(26-47(56)63-52(3)35-17-31-15-32(19-35)20-36(52)18-31)50(59)61-27-48(57)64-53(4)37-21-33-16-34(24-37)43(53)22-33/h6-13,23,25,31-37,42-43H,1,14-22,24,26-28H2,2-5H3/t31?,32?,33-,34?,35?,36?,37?,42?,43?,52?,53?/m0/s1. The third kappa shape index (κ3) is 8.03. The van der Waals surface area contributed by atoms with E-state index in [1.54, 1.807) is 0 Å². The molecule has 8 bridgehead atoms. The lowest BCUT2D eigenvalue weighted by atomic mass is 9.50. The minimum Gasteiger partial charge on any atom is -0.496 e. The van der Waals surface area contributed by atoms with Crippen molar-refractivity contribution in [2.45, 2.75) is 114 Å². The van der Waals surface area contributed by atoms with E-state index in [2.05, 4.69) is 32.6 Å². The maximum atomic E-state index is 14.6. The zero-order valence-electron chi connectivity index (χ0n) is 37.8. The summed E-state index contributed by atoms with van der Waals surface area (Å²) in [6.45, 7) is 7.07. The molecule has 343 valence electrons. The predicted molar refractivity (Wildman–Crippen MR) is 241 cm³/mol. The highest BCUT2D eigenvalue weighted by atomic mass is 28.3. The van der Waals surface area contributed by atoms with Crippen molar-refractivity contribution in [2.24, 2.45) is 47.3 Å². The maximum Gasteiger partial charge on any atom is 0.344 e. The molecule has 1 heterocycles. The zero-order valence-corrected chi connectivity index (χ0v) is 38.8. The number of fused-ring (bicyclic) bond motifs is 3. The number of esters is 4. The summed E-state index contributed by atoms with van der Waals surface area (Å²) in [7, 11) is -0.259. The second-order valence-corrected chi connectivity index (χ2v) is 23.4. The molecule has 65 heavy (non-hydrogen) atoms. The normalized spacial score (nSPS) is 31.5. The fourth-order valence-electron chi connectivity index (χ4n) is 14.1. The van der Waals surface area contributed by atoms with E-state index in [4.69, 9.17) is 23.7 Å². The third-order valence-corrected chi connectivity index (χ3v) is 19.7. The van der Waals surface area contributed by atoms with Crippen LogP contribution >= 0.6 is 0 Å². The first-order valence-corrected chi connectivity index (χ1v) is 25.1. The number of hydrogen-bond acceptors (Lipinski definition) is 9. The number of ether oxygens (including phenoxy) is 5. The van der Waals surface area contributed by atoms with Gasteiger partial charge in [0.1, 0.15) is 17.0 Å². The zero-order chi connectivity index (χ0) is 45.6. The topological polar surface area (TPSA) is 114 Å². The van der Waals surface area contributed by atoms with Gasteiger partial charge < -0.3 is 23.7 Å². The highest BCUT2D eigenvalue weighted by Crippen LogP contribution is 2.64. The Bertz CT molecular complexity index is 2410. The molecule has 0 amide bonds. The van der Waals surface area contributed by atoms with E-state index in [9.17, 15) is 28.0 Å². The van der Waals surface area contributed by atoms with Crippen molar-refractivity contribution < 1.29 is 51.6 Å². The molecule has 9 aliphatic rings. The molecule has 0 saturated heterocycles. The Hall–Kier alpha value is -4.84. The molecule has 1 aliphatic heterocycles. The average molecular weight is 906 g/mol. The van der Waals surface area contributed by atoms with Crippen molar-refractivity contribution in [3.8, 4) is 16.9 Å². The summed E-state index contributed by atoms with van der Waals surface area (Å²) in [6, 6.07) is 19.8. The van der Waals surface area contributed by atoms with Crippen LogP contribution in [0, 0.1) is 47.3 Å². The number of benzene rings is 3.